The molecule has 0 bridgehead atoms. The standard InChI is InChI=1S/C12H13Br2NO3S/c1-7-9(14)3-4-11(19(2,16)17)12(7)10-5-8(6-13)18-15-10/h3-4,8H,5-6H2,1-2H3. The first-order chi connectivity index (χ1) is 8.84. The van der Waals surface area contributed by atoms with Crippen LogP contribution in [0.3, 0.4) is 0 Å². The summed E-state index contributed by atoms with van der Waals surface area (Å²) in [6.07, 6.45) is 1.77. The van der Waals surface area contributed by atoms with Crippen LogP contribution >= 0.6 is 31.9 Å². The molecule has 1 atom stereocenters. The van der Waals surface area contributed by atoms with Gasteiger partial charge in [-0.25, -0.2) is 8.42 Å². The van der Waals surface area contributed by atoms with Gasteiger partial charge in [0.25, 0.3) is 0 Å². The lowest BCUT2D eigenvalue weighted by molar-refractivity contribution is 0.104. The van der Waals surface area contributed by atoms with Gasteiger partial charge < -0.3 is 4.84 Å². The third kappa shape index (κ3) is 3.03. The summed E-state index contributed by atoms with van der Waals surface area (Å²) in [4.78, 5) is 5.56. The van der Waals surface area contributed by atoms with Gasteiger partial charge >= 0.3 is 0 Å². The first-order valence-corrected chi connectivity index (χ1v) is 9.43. The van der Waals surface area contributed by atoms with E-state index in [4.69, 9.17) is 4.84 Å². The van der Waals surface area contributed by atoms with Gasteiger partial charge in [-0.2, -0.15) is 0 Å². The van der Waals surface area contributed by atoms with Crippen LogP contribution in [-0.4, -0.2) is 31.8 Å². The van der Waals surface area contributed by atoms with Crippen molar-refractivity contribution in [3.05, 3.63) is 27.7 Å². The predicted octanol–water partition coefficient (Wildman–Crippen LogP) is 3.05. The van der Waals surface area contributed by atoms with Crippen LogP contribution in [0.25, 0.3) is 0 Å². The monoisotopic (exact) mass is 409 g/mol. The van der Waals surface area contributed by atoms with Crippen molar-refractivity contribution in [3.63, 3.8) is 0 Å². The zero-order chi connectivity index (χ0) is 14.2. The van der Waals surface area contributed by atoms with Crippen LogP contribution in [0, 0.1) is 6.92 Å². The molecule has 0 spiro atoms. The second-order valence-corrected chi connectivity index (χ2v) is 7.93. The van der Waals surface area contributed by atoms with Gasteiger partial charge in [-0.3, -0.25) is 0 Å². The summed E-state index contributed by atoms with van der Waals surface area (Å²) >= 11 is 6.77. The second kappa shape index (κ2) is 5.54. The molecule has 2 rings (SSSR count). The Morgan fingerprint density at radius 3 is 2.68 bits per heavy atom. The molecule has 1 unspecified atom stereocenters. The van der Waals surface area contributed by atoms with Gasteiger partial charge in [0, 0.05) is 28.0 Å². The van der Waals surface area contributed by atoms with Gasteiger partial charge in [-0.1, -0.05) is 37.0 Å². The van der Waals surface area contributed by atoms with Crippen LogP contribution in [0.2, 0.25) is 0 Å². The number of oxime groups is 1. The van der Waals surface area contributed by atoms with Crippen molar-refractivity contribution >= 4 is 47.4 Å². The summed E-state index contributed by atoms with van der Waals surface area (Å²) < 4.78 is 24.7. The molecule has 1 aromatic carbocycles. The summed E-state index contributed by atoms with van der Waals surface area (Å²) in [6, 6.07) is 3.35. The van der Waals surface area contributed by atoms with Crippen molar-refractivity contribution in [3.8, 4) is 0 Å². The topological polar surface area (TPSA) is 55.7 Å². The molecule has 104 valence electrons. The fraction of sp³-hybridized carbons (Fsp3) is 0.417. The van der Waals surface area contributed by atoms with E-state index >= 15 is 0 Å². The average molecular weight is 411 g/mol. The van der Waals surface area contributed by atoms with Crippen LogP contribution in [0.4, 0.5) is 0 Å². The van der Waals surface area contributed by atoms with Crippen molar-refractivity contribution < 1.29 is 13.3 Å². The molecule has 1 heterocycles. The number of hydrogen-bond acceptors (Lipinski definition) is 4. The third-order valence-corrected chi connectivity index (χ3v) is 5.67. The van der Waals surface area contributed by atoms with Gasteiger partial charge in [-0.15, -0.1) is 0 Å². The van der Waals surface area contributed by atoms with E-state index in [0.717, 1.165) is 10.0 Å². The zero-order valence-corrected chi connectivity index (χ0v) is 14.5. The van der Waals surface area contributed by atoms with Gasteiger partial charge in [0.1, 0.15) is 6.10 Å². The maximum atomic E-state index is 11.9. The predicted molar refractivity (Wildman–Crippen MR) is 81.8 cm³/mol. The number of nitrogens with zero attached hydrogens (tertiary/aromatic N) is 1. The molecule has 0 saturated carbocycles. The summed E-state index contributed by atoms with van der Waals surface area (Å²) in [6.45, 7) is 1.87. The average Bonchev–Trinajstić information content (AvgIpc) is 2.79. The second-order valence-electron chi connectivity index (χ2n) is 4.44. The molecule has 0 radical (unpaired) electrons. The zero-order valence-electron chi connectivity index (χ0n) is 10.5. The highest BCUT2D eigenvalue weighted by Gasteiger charge is 2.27. The Morgan fingerprint density at radius 2 is 2.16 bits per heavy atom. The SMILES string of the molecule is Cc1c(Br)ccc(S(C)(=O)=O)c1C1=NOC(CBr)C1. The van der Waals surface area contributed by atoms with Crippen LogP contribution in [-0.2, 0) is 14.7 Å². The fourth-order valence-corrected chi connectivity index (χ4v) is 3.62. The minimum Gasteiger partial charge on any atom is -0.391 e. The smallest absolute Gasteiger partial charge is 0.176 e. The van der Waals surface area contributed by atoms with Crippen molar-refractivity contribution in [2.24, 2.45) is 5.16 Å². The first kappa shape index (κ1) is 15.0. The lowest BCUT2D eigenvalue weighted by atomic mass is 10.0. The molecule has 0 N–H and O–H groups in total. The van der Waals surface area contributed by atoms with Crippen LogP contribution in [0.15, 0.2) is 26.7 Å². The number of halogens is 2. The minimum atomic E-state index is -3.30. The largest absolute Gasteiger partial charge is 0.391 e. The highest BCUT2D eigenvalue weighted by molar-refractivity contribution is 9.10. The van der Waals surface area contributed by atoms with Crippen molar-refractivity contribution in [1.29, 1.82) is 0 Å². The maximum absolute atomic E-state index is 11.9. The first-order valence-electron chi connectivity index (χ1n) is 5.62. The van der Waals surface area contributed by atoms with Crippen molar-refractivity contribution in [1.82, 2.24) is 0 Å². The van der Waals surface area contributed by atoms with Gasteiger partial charge in [0.2, 0.25) is 0 Å². The lowest BCUT2D eigenvalue weighted by Gasteiger charge is -2.12. The van der Waals surface area contributed by atoms with Crippen LogP contribution < -0.4 is 0 Å². The van der Waals surface area contributed by atoms with Gasteiger partial charge in [0.05, 0.1) is 10.6 Å². The van der Waals surface area contributed by atoms with Gasteiger partial charge in [-0.05, 0) is 24.6 Å². The van der Waals surface area contributed by atoms with Crippen molar-refractivity contribution in [2.75, 3.05) is 11.6 Å². The molecule has 0 aromatic heterocycles. The van der Waals surface area contributed by atoms with Crippen LogP contribution in [0.1, 0.15) is 17.5 Å². The van der Waals surface area contributed by atoms with E-state index in [2.05, 4.69) is 37.0 Å². The summed E-state index contributed by atoms with van der Waals surface area (Å²) in [5.41, 5.74) is 2.20. The summed E-state index contributed by atoms with van der Waals surface area (Å²) in [5.74, 6) is 0. The Kier molecular flexibility index (Phi) is 4.37. The molecular weight excluding hydrogens is 398 g/mol. The third-order valence-electron chi connectivity index (χ3n) is 2.95. The number of alkyl halides is 1. The molecule has 7 heteroatoms. The van der Waals surface area contributed by atoms with E-state index in [-0.39, 0.29) is 6.10 Å². The highest BCUT2D eigenvalue weighted by atomic mass is 79.9. The molecule has 0 fully saturated rings. The maximum Gasteiger partial charge on any atom is 0.176 e. The minimum absolute atomic E-state index is 0.0409. The van der Waals surface area contributed by atoms with Gasteiger partial charge in [0.15, 0.2) is 9.84 Å². The van der Waals surface area contributed by atoms with Crippen molar-refractivity contribution in [2.45, 2.75) is 24.3 Å². The van der Waals surface area contributed by atoms with E-state index < -0.39 is 9.84 Å². The molecule has 1 aromatic rings. The molecule has 19 heavy (non-hydrogen) atoms. The number of benzene rings is 1. The number of hydrogen-bond donors (Lipinski definition) is 0. The Balaban J connectivity index is 2.59. The van der Waals surface area contributed by atoms with E-state index in [1.165, 1.54) is 6.26 Å². The van der Waals surface area contributed by atoms with E-state index in [1.807, 2.05) is 6.92 Å². The van der Waals surface area contributed by atoms with E-state index in [9.17, 15) is 8.42 Å². The number of sulfone groups is 1. The van der Waals surface area contributed by atoms with Crippen LogP contribution in [0.5, 0.6) is 0 Å². The molecule has 4 nitrogen and oxygen atoms in total. The summed E-state index contributed by atoms with van der Waals surface area (Å²) in [5, 5.41) is 4.70. The van der Waals surface area contributed by atoms with E-state index in [1.54, 1.807) is 12.1 Å². The Labute approximate surface area is 129 Å². The quantitative estimate of drug-likeness (QED) is 0.719. The Hall–Kier alpha value is -0.400. The molecule has 1 aliphatic rings. The molecule has 0 saturated heterocycles. The molecular formula is C12H13Br2NO3S. The highest BCUT2D eigenvalue weighted by Crippen LogP contribution is 2.30. The molecule has 0 amide bonds. The molecule has 0 aliphatic carbocycles. The lowest BCUT2D eigenvalue weighted by Crippen LogP contribution is -2.14. The normalized spacial score (nSPS) is 19.2. The summed E-state index contributed by atoms with van der Waals surface area (Å²) in [7, 11) is -3.30. The fourth-order valence-electron chi connectivity index (χ4n) is 1.99. The Morgan fingerprint density at radius 1 is 1.47 bits per heavy atom. The van der Waals surface area contributed by atoms with E-state index in [0.29, 0.717) is 27.9 Å². The molecule has 1 aliphatic heterocycles. The number of rotatable bonds is 3. The Bertz CT molecular complexity index is 641.